The van der Waals surface area contributed by atoms with Gasteiger partial charge in [-0.1, -0.05) is 6.08 Å². The summed E-state index contributed by atoms with van der Waals surface area (Å²) in [6, 6.07) is 6.57. The van der Waals surface area contributed by atoms with Crippen LogP contribution >= 0.6 is 0 Å². The number of nitrogens with one attached hydrogen (secondary N) is 1. The van der Waals surface area contributed by atoms with Crippen molar-refractivity contribution in [3.05, 3.63) is 42.5 Å². The van der Waals surface area contributed by atoms with Gasteiger partial charge in [0.2, 0.25) is 11.8 Å². The Morgan fingerprint density at radius 1 is 1.20 bits per heavy atom. The Kier molecular flexibility index (Phi) is 5.65. The van der Waals surface area contributed by atoms with E-state index in [0.29, 0.717) is 17.8 Å². The van der Waals surface area contributed by atoms with Crippen LogP contribution in [0.5, 0.6) is 0 Å². The van der Waals surface area contributed by atoms with Gasteiger partial charge in [0.05, 0.1) is 0 Å². The summed E-state index contributed by atoms with van der Waals surface area (Å²) < 4.78 is 0. The molecule has 5 heteroatoms. The zero-order valence-corrected chi connectivity index (χ0v) is 11.7. The lowest BCUT2D eigenvalue weighted by Gasteiger charge is -2.20. The summed E-state index contributed by atoms with van der Waals surface area (Å²) in [5.74, 6) is -0.556. The van der Waals surface area contributed by atoms with E-state index in [1.165, 1.54) is 18.7 Å². The van der Waals surface area contributed by atoms with Crippen LogP contribution in [0.3, 0.4) is 0 Å². The summed E-state index contributed by atoms with van der Waals surface area (Å²) in [6.07, 6.45) is 1.57. The van der Waals surface area contributed by atoms with Gasteiger partial charge in [-0.25, -0.2) is 0 Å². The molecular weight excluding hydrogens is 256 g/mol. The molecule has 0 aliphatic carbocycles. The van der Waals surface area contributed by atoms with E-state index < -0.39 is 0 Å². The number of nitrogens with zero attached hydrogens (tertiary/aromatic N) is 1. The van der Waals surface area contributed by atoms with Gasteiger partial charge in [-0.05, 0) is 31.2 Å². The highest BCUT2D eigenvalue weighted by Gasteiger charge is 2.15. The van der Waals surface area contributed by atoms with E-state index in [4.69, 9.17) is 0 Å². The highest BCUT2D eigenvalue weighted by atomic mass is 16.2. The Morgan fingerprint density at radius 3 is 2.25 bits per heavy atom. The topological polar surface area (TPSA) is 66.5 Å². The predicted molar refractivity (Wildman–Crippen MR) is 77.7 cm³/mol. The van der Waals surface area contributed by atoms with E-state index in [1.807, 2.05) is 0 Å². The summed E-state index contributed by atoms with van der Waals surface area (Å²) >= 11 is 0. The van der Waals surface area contributed by atoms with Crippen LogP contribution in [0.4, 0.5) is 5.69 Å². The highest BCUT2D eigenvalue weighted by Crippen LogP contribution is 2.15. The Hall–Kier alpha value is -2.43. The lowest BCUT2D eigenvalue weighted by molar-refractivity contribution is -0.122. The normalized spacial score (nSPS) is 9.70. The van der Waals surface area contributed by atoms with Crippen LogP contribution in [0.2, 0.25) is 0 Å². The average molecular weight is 274 g/mol. The molecule has 0 unspecified atom stereocenters. The van der Waals surface area contributed by atoms with Gasteiger partial charge >= 0.3 is 0 Å². The molecule has 0 bridgehead atoms. The molecule has 0 heterocycles. The molecule has 1 aromatic carbocycles. The third kappa shape index (κ3) is 4.35. The first-order valence-corrected chi connectivity index (χ1v) is 6.22. The van der Waals surface area contributed by atoms with Crippen LogP contribution in [0, 0.1) is 0 Å². The van der Waals surface area contributed by atoms with Crippen LogP contribution in [0.25, 0.3) is 0 Å². The number of rotatable bonds is 6. The molecule has 0 saturated heterocycles. The third-order valence-electron chi connectivity index (χ3n) is 2.71. The van der Waals surface area contributed by atoms with Crippen LogP contribution < -0.4 is 10.2 Å². The summed E-state index contributed by atoms with van der Waals surface area (Å²) in [4.78, 5) is 35.8. The standard InChI is InChI=1S/C15H18N2O3/c1-4-9-16-15(20)10-17(12(3)19)14-7-5-13(6-8-14)11(2)18/h4-8H,1,9-10H2,2-3H3,(H,16,20). The summed E-state index contributed by atoms with van der Waals surface area (Å²) in [5.41, 5.74) is 1.14. The molecule has 5 nitrogen and oxygen atoms in total. The first kappa shape index (κ1) is 15.6. The van der Waals surface area contributed by atoms with Crippen LogP contribution in [-0.4, -0.2) is 30.7 Å². The smallest absolute Gasteiger partial charge is 0.240 e. The molecule has 1 rings (SSSR count). The molecule has 0 radical (unpaired) electrons. The molecule has 0 aliphatic heterocycles. The van der Waals surface area contributed by atoms with Gasteiger partial charge in [0, 0.05) is 24.7 Å². The maximum absolute atomic E-state index is 11.7. The van der Waals surface area contributed by atoms with E-state index >= 15 is 0 Å². The number of amides is 2. The maximum Gasteiger partial charge on any atom is 0.240 e. The number of carbonyl (C=O) groups is 3. The van der Waals surface area contributed by atoms with Gasteiger partial charge in [-0.15, -0.1) is 6.58 Å². The van der Waals surface area contributed by atoms with Crippen molar-refractivity contribution in [1.29, 1.82) is 0 Å². The number of carbonyl (C=O) groups excluding carboxylic acids is 3. The van der Waals surface area contributed by atoms with Crippen molar-refractivity contribution in [2.45, 2.75) is 13.8 Å². The van der Waals surface area contributed by atoms with E-state index in [9.17, 15) is 14.4 Å². The third-order valence-corrected chi connectivity index (χ3v) is 2.71. The fourth-order valence-electron chi connectivity index (χ4n) is 1.65. The molecule has 0 saturated carbocycles. The van der Waals surface area contributed by atoms with Gasteiger partial charge in [0.15, 0.2) is 5.78 Å². The van der Waals surface area contributed by atoms with Crippen molar-refractivity contribution in [2.24, 2.45) is 0 Å². The SMILES string of the molecule is C=CCNC(=O)CN(C(C)=O)c1ccc(C(C)=O)cc1. The predicted octanol–water partition coefficient (Wildman–Crippen LogP) is 1.54. The number of ketones is 1. The quantitative estimate of drug-likeness (QED) is 0.632. The molecule has 106 valence electrons. The second-order valence-electron chi connectivity index (χ2n) is 4.30. The first-order valence-electron chi connectivity index (χ1n) is 6.22. The van der Waals surface area contributed by atoms with Gasteiger partial charge in [-0.2, -0.15) is 0 Å². The van der Waals surface area contributed by atoms with Crippen molar-refractivity contribution in [3.63, 3.8) is 0 Å². The molecule has 1 N–H and O–H groups in total. The molecule has 2 amide bonds. The zero-order valence-electron chi connectivity index (χ0n) is 11.7. The Bertz CT molecular complexity index is 520. The number of benzene rings is 1. The summed E-state index contributed by atoms with van der Waals surface area (Å²) in [7, 11) is 0. The minimum absolute atomic E-state index is 0.0466. The lowest BCUT2D eigenvalue weighted by atomic mass is 10.1. The first-order chi connectivity index (χ1) is 9.45. The van der Waals surface area contributed by atoms with Crippen molar-refractivity contribution in [3.8, 4) is 0 Å². The fraction of sp³-hybridized carbons (Fsp3) is 0.267. The van der Waals surface area contributed by atoms with E-state index in [-0.39, 0.29) is 24.1 Å². The number of hydrogen-bond donors (Lipinski definition) is 1. The minimum atomic E-state index is -0.268. The van der Waals surface area contributed by atoms with Gasteiger partial charge in [0.25, 0.3) is 0 Å². The molecule has 0 spiro atoms. The van der Waals surface area contributed by atoms with Crippen molar-refractivity contribution < 1.29 is 14.4 Å². The fourth-order valence-corrected chi connectivity index (χ4v) is 1.65. The second kappa shape index (κ2) is 7.23. The second-order valence-corrected chi connectivity index (χ2v) is 4.30. The Balaban J connectivity index is 2.85. The zero-order chi connectivity index (χ0) is 15.1. The van der Waals surface area contributed by atoms with Gasteiger partial charge in [0.1, 0.15) is 6.54 Å². The number of hydrogen-bond acceptors (Lipinski definition) is 3. The molecule has 1 aromatic rings. The highest BCUT2D eigenvalue weighted by molar-refractivity contribution is 5.98. The Morgan fingerprint density at radius 2 is 1.80 bits per heavy atom. The summed E-state index contributed by atoms with van der Waals surface area (Å²) in [5, 5.41) is 2.61. The average Bonchev–Trinajstić information content (AvgIpc) is 2.42. The molecule has 0 atom stereocenters. The largest absolute Gasteiger partial charge is 0.351 e. The van der Waals surface area contributed by atoms with Gasteiger partial charge < -0.3 is 10.2 Å². The van der Waals surface area contributed by atoms with E-state index in [2.05, 4.69) is 11.9 Å². The molecule has 0 aromatic heterocycles. The van der Waals surface area contributed by atoms with Crippen molar-refractivity contribution >= 4 is 23.3 Å². The lowest BCUT2D eigenvalue weighted by Crippen LogP contribution is -2.39. The number of anilines is 1. The monoisotopic (exact) mass is 274 g/mol. The summed E-state index contributed by atoms with van der Waals surface area (Å²) in [6.45, 7) is 6.65. The number of Topliss-reactive ketones (excluding diaryl/α,β-unsaturated/α-hetero) is 1. The van der Waals surface area contributed by atoms with Crippen molar-refractivity contribution in [1.82, 2.24) is 5.32 Å². The van der Waals surface area contributed by atoms with E-state index in [0.717, 1.165) is 0 Å². The van der Waals surface area contributed by atoms with Gasteiger partial charge in [-0.3, -0.25) is 14.4 Å². The molecule has 0 fully saturated rings. The van der Waals surface area contributed by atoms with E-state index in [1.54, 1.807) is 30.3 Å². The molecular formula is C15H18N2O3. The molecule has 0 aliphatic rings. The van der Waals surface area contributed by atoms with Crippen molar-refractivity contribution in [2.75, 3.05) is 18.0 Å². The van der Waals surface area contributed by atoms with Crippen LogP contribution in [0.15, 0.2) is 36.9 Å². The maximum atomic E-state index is 11.7. The minimum Gasteiger partial charge on any atom is -0.351 e. The van der Waals surface area contributed by atoms with Crippen LogP contribution in [-0.2, 0) is 9.59 Å². The molecule has 20 heavy (non-hydrogen) atoms. The Labute approximate surface area is 118 Å². The van der Waals surface area contributed by atoms with Crippen LogP contribution in [0.1, 0.15) is 24.2 Å².